The summed E-state index contributed by atoms with van der Waals surface area (Å²) in [6.45, 7) is 2.00. The molecule has 3 rings (SSSR count). The van der Waals surface area contributed by atoms with E-state index in [4.69, 9.17) is 11.6 Å². The Morgan fingerprint density at radius 1 is 1.13 bits per heavy atom. The first-order valence-corrected chi connectivity index (χ1v) is 11.2. The van der Waals surface area contributed by atoms with Gasteiger partial charge in [0.2, 0.25) is 10.0 Å². The molecule has 0 aliphatic carbocycles. The third-order valence-electron chi connectivity index (χ3n) is 4.30. The van der Waals surface area contributed by atoms with Crippen LogP contribution in [0.1, 0.15) is 22.8 Å². The van der Waals surface area contributed by atoms with E-state index in [0.717, 1.165) is 28.6 Å². The van der Waals surface area contributed by atoms with Crippen LogP contribution in [0.5, 0.6) is 0 Å². The van der Waals surface area contributed by atoms with Gasteiger partial charge in [0.15, 0.2) is 0 Å². The van der Waals surface area contributed by atoms with Crippen molar-refractivity contribution in [3.63, 3.8) is 0 Å². The number of anilines is 3. The number of nitrogens with zero attached hydrogens (tertiary/aromatic N) is 2. The molecule has 0 atom stereocenters. The molecular weight excluding hydrogens is 429 g/mol. The number of benzene rings is 2. The summed E-state index contributed by atoms with van der Waals surface area (Å²) in [4.78, 5) is 16.7. The van der Waals surface area contributed by atoms with Gasteiger partial charge in [-0.25, -0.2) is 22.1 Å². The number of halogens is 2. The number of sulfonamides is 1. The second-order valence-corrected chi connectivity index (χ2v) is 8.77. The minimum atomic E-state index is -3.72. The van der Waals surface area contributed by atoms with Crippen LogP contribution < -0.4 is 9.62 Å². The summed E-state index contributed by atoms with van der Waals surface area (Å²) in [5, 5.41) is 2.48. The molecule has 1 N–H and O–H groups in total. The van der Waals surface area contributed by atoms with Gasteiger partial charge in [0, 0.05) is 17.4 Å². The van der Waals surface area contributed by atoms with Crippen molar-refractivity contribution in [3.8, 4) is 0 Å². The van der Waals surface area contributed by atoms with Crippen LogP contribution in [0.15, 0.2) is 60.8 Å². The minimum Gasteiger partial charge on any atom is -0.322 e. The van der Waals surface area contributed by atoms with E-state index in [0.29, 0.717) is 11.4 Å². The molecule has 2 aromatic carbocycles. The first-order chi connectivity index (χ1) is 14.2. The molecule has 0 bridgehead atoms. The first kappa shape index (κ1) is 21.7. The molecule has 0 saturated heterocycles. The molecule has 0 aliphatic rings. The van der Waals surface area contributed by atoms with Gasteiger partial charge < -0.3 is 5.32 Å². The summed E-state index contributed by atoms with van der Waals surface area (Å²) in [7, 11) is -3.72. The summed E-state index contributed by atoms with van der Waals surface area (Å²) in [6.07, 6.45) is 3.23. The summed E-state index contributed by atoms with van der Waals surface area (Å²) in [6, 6.07) is 13.7. The highest BCUT2D eigenvalue weighted by Crippen LogP contribution is 2.28. The van der Waals surface area contributed by atoms with Gasteiger partial charge in [-0.15, -0.1) is 0 Å². The number of aromatic nitrogens is 1. The Labute approximate surface area is 179 Å². The van der Waals surface area contributed by atoms with Crippen LogP contribution >= 0.6 is 11.6 Å². The fraction of sp³-hybridized carbons (Fsp3) is 0.143. The SMILES string of the molecule is CCc1ccc(N(c2cc(C(=O)Nc3ccc(F)c(Cl)c3)ccn2)S(C)(=O)=O)cc1. The molecule has 0 unspecified atom stereocenters. The molecule has 0 aliphatic heterocycles. The van der Waals surface area contributed by atoms with Crippen LogP contribution in [-0.4, -0.2) is 25.6 Å². The maximum atomic E-state index is 13.3. The van der Waals surface area contributed by atoms with Gasteiger partial charge >= 0.3 is 0 Å². The minimum absolute atomic E-state index is 0.0755. The molecule has 1 heterocycles. The van der Waals surface area contributed by atoms with Crippen molar-refractivity contribution in [2.45, 2.75) is 13.3 Å². The van der Waals surface area contributed by atoms with Gasteiger partial charge in [0.1, 0.15) is 11.6 Å². The highest BCUT2D eigenvalue weighted by atomic mass is 35.5. The zero-order valence-corrected chi connectivity index (χ0v) is 17.8. The Hall–Kier alpha value is -2.97. The van der Waals surface area contributed by atoms with Crippen molar-refractivity contribution in [1.82, 2.24) is 4.98 Å². The lowest BCUT2D eigenvalue weighted by Gasteiger charge is -2.22. The Bertz CT molecular complexity index is 1180. The van der Waals surface area contributed by atoms with Crippen molar-refractivity contribution in [2.75, 3.05) is 15.9 Å². The lowest BCUT2D eigenvalue weighted by atomic mass is 10.1. The van der Waals surface area contributed by atoms with Gasteiger partial charge in [-0.05, 0) is 54.4 Å². The topological polar surface area (TPSA) is 79.4 Å². The molecule has 6 nitrogen and oxygen atoms in total. The Kier molecular flexibility index (Phi) is 6.38. The number of aryl methyl sites for hydroxylation is 1. The number of carbonyl (C=O) groups is 1. The molecule has 1 aromatic heterocycles. The maximum absolute atomic E-state index is 13.3. The Morgan fingerprint density at radius 3 is 2.43 bits per heavy atom. The molecule has 0 fully saturated rings. The first-order valence-electron chi connectivity index (χ1n) is 9.00. The number of rotatable bonds is 6. The average molecular weight is 448 g/mol. The number of nitrogens with one attached hydrogen (secondary N) is 1. The van der Waals surface area contributed by atoms with Crippen LogP contribution in [0, 0.1) is 5.82 Å². The highest BCUT2D eigenvalue weighted by molar-refractivity contribution is 7.92. The van der Waals surface area contributed by atoms with E-state index < -0.39 is 21.7 Å². The normalized spacial score (nSPS) is 11.2. The number of carbonyl (C=O) groups excluding carboxylic acids is 1. The average Bonchev–Trinajstić information content (AvgIpc) is 2.70. The molecule has 156 valence electrons. The largest absolute Gasteiger partial charge is 0.322 e. The predicted octanol–water partition coefficient (Wildman–Crippen LogP) is 4.79. The van der Waals surface area contributed by atoms with Crippen LogP contribution in [0.2, 0.25) is 5.02 Å². The molecule has 9 heteroatoms. The zero-order valence-electron chi connectivity index (χ0n) is 16.3. The lowest BCUT2D eigenvalue weighted by Crippen LogP contribution is -2.26. The third kappa shape index (κ3) is 4.95. The van der Waals surface area contributed by atoms with E-state index in [1.54, 1.807) is 12.1 Å². The summed E-state index contributed by atoms with van der Waals surface area (Å²) >= 11 is 5.74. The van der Waals surface area contributed by atoms with Gasteiger partial charge in [0.05, 0.1) is 17.0 Å². The lowest BCUT2D eigenvalue weighted by molar-refractivity contribution is 0.102. The highest BCUT2D eigenvalue weighted by Gasteiger charge is 2.22. The van der Waals surface area contributed by atoms with E-state index in [1.807, 2.05) is 19.1 Å². The second kappa shape index (κ2) is 8.81. The van der Waals surface area contributed by atoms with E-state index >= 15 is 0 Å². The maximum Gasteiger partial charge on any atom is 0.255 e. The smallest absolute Gasteiger partial charge is 0.255 e. The molecule has 3 aromatic rings. The fourth-order valence-electron chi connectivity index (χ4n) is 2.81. The van der Waals surface area contributed by atoms with Gasteiger partial charge in [-0.3, -0.25) is 4.79 Å². The summed E-state index contributed by atoms with van der Waals surface area (Å²) < 4.78 is 39.3. The van der Waals surface area contributed by atoms with Gasteiger partial charge in [-0.2, -0.15) is 0 Å². The van der Waals surface area contributed by atoms with Crippen molar-refractivity contribution in [1.29, 1.82) is 0 Å². The fourth-order valence-corrected chi connectivity index (χ4v) is 3.93. The third-order valence-corrected chi connectivity index (χ3v) is 5.65. The van der Waals surface area contributed by atoms with E-state index in [9.17, 15) is 17.6 Å². The molecule has 0 radical (unpaired) electrons. The van der Waals surface area contributed by atoms with Crippen LogP contribution in [-0.2, 0) is 16.4 Å². The number of hydrogen-bond acceptors (Lipinski definition) is 4. The van der Waals surface area contributed by atoms with E-state index in [-0.39, 0.29) is 16.4 Å². The Balaban J connectivity index is 1.94. The standard InChI is InChI=1S/C21H19ClFN3O3S/c1-3-14-4-7-17(8-5-14)26(30(2,28)29)20-12-15(10-11-24-20)21(27)25-16-6-9-19(23)18(22)13-16/h4-13H,3H2,1-2H3,(H,25,27). The number of amides is 1. The molecular formula is C21H19ClFN3O3S. The Morgan fingerprint density at radius 2 is 1.83 bits per heavy atom. The molecule has 0 saturated carbocycles. The monoisotopic (exact) mass is 447 g/mol. The predicted molar refractivity (Wildman–Crippen MR) is 116 cm³/mol. The van der Waals surface area contributed by atoms with Crippen molar-refractivity contribution < 1.29 is 17.6 Å². The van der Waals surface area contributed by atoms with Crippen molar-refractivity contribution in [3.05, 3.63) is 82.8 Å². The van der Waals surface area contributed by atoms with Crippen LogP contribution in [0.25, 0.3) is 0 Å². The molecule has 0 spiro atoms. The molecule has 30 heavy (non-hydrogen) atoms. The van der Waals surface area contributed by atoms with E-state index in [2.05, 4.69) is 10.3 Å². The van der Waals surface area contributed by atoms with Gasteiger partial charge in [-0.1, -0.05) is 30.7 Å². The zero-order chi connectivity index (χ0) is 21.9. The van der Waals surface area contributed by atoms with Gasteiger partial charge in [0.25, 0.3) is 5.91 Å². The second-order valence-electron chi connectivity index (χ2n) is 6.53. The van der Waals surface area contributed by atoms with E-state index in [1.165, 1.54) is 30.5 Å². The summed E-state index contributed by atoms with van der Waals surface area (Å²) in [5.41, 5.74) is 1.95. The van der Waals surface area contributed by atoms with Crippen LogP contribution in [0.3, 0.4) is 0 Å². The molecule has 1 amide bonds. The van der Waals surface area contributed by atoms with Crippen molar-refractivity contribution >= 4 is 44.7 Å². The quantitative estimate of drug-likeness (QED) is 0.589. The summed E-state index contributed by atoms with van der Waals surface area (Å²) in [5.74, 6) is -1.04. The van der Waals surface area contributed by atoms with Crippen LogP contribution in [0.4, 0.5) is 21.6 Å². The van der Waals surface area contributed by atoms with Crippen molar-refractivity contribution in [2.24, 2.45) is 0 Å². The number of hydrogen-bond donors (Lipinski definition) is 1. The number of pyridine rings is 1.